The molecule has 1 aromatic rings. The molecule has 0 spiro atoms. The van der Waals surface area contributed by atoms with Crippen molar-refractivity contribution in [1.82, 2.24) is 10.2 Å². The zero-order valence-electron chi connectivity index (χ0n) is 14.5. The first-order valence-corrected chi connectivity index (χ1v) is 8.02. The maximum atomic E-state index is 11.8. The molecule has 4 nitrogen and oxygen atoms in total. The van der Waals surface area contributed by atoms with E-state index in [4.69, 9.17) is 0 Å². The largest absolute Gasteiger partial charge is 0.392 e. The van der Waals surface area contributed by atoms with Gasteiger partial charge in [0.25, 0.3) is 0 Å². The minimum absolute atomic E-state index is 0.0978. The lowest BCUT2D eigenvalue weighted by Crippen LogP contribution is -2.29. The predicted molar refractivity (Wildman–Crippen MR) is 90.4 cm³/mol. The smallest absolute Gasteiger partial charge is 0.222 e. The van der Waals surface area contributed by atoms with Gasteiger partial charge in [-0.2, -0.15) is 0 Å². The Balaban J connectivity index is 2.51. The summed E-state index contributed by atoms with van der Waals surface area (Å²) in [5.41, 5.74) is 2.33. The van der Waals surface area contributed by atoms with Crippen LogP contribution in [0.1, 0.15) is 45.2 Å². The van der Waals surface area contributed by atoms with Gasteiger partial charge in [0.1, 0.15) is 0 Å². The summed E-state index contributed by atoms with van der Waals surface area (Å²) < 4.78 is 0. The van der Waals surface area contributed by atoms with Gasteiger partial charge in [0.2, 0.25) is 5.91 Å². The highest BCUT2D eigenvalue weighted by Gasteiger charge is 2.14. The fourth-order valence-electron chi connectivity index (χ4n) is 2.01. The van der Waals surface area contributed by atoms with E-state index in [1.807, 2.05) is 26.0 Å². The van der Waals surface area contributed by atoms with Crippen molar-refractivity contribution >= 4 is 5.91 Å². The molecule has 0 heterocycles. The molecule has 1 amide bonds. The molecule has 1 atom stereocenters. The van der Waals surface area contributed by atoms with E-state index in [0.717, 1.165) is 12.1 Å². The molecule has 0 aliphatic rings. The van der Waals surface area contributed by atoms with E-state index in [0.29, 0.717) is 12.6 Å². The summed E-state index contributed by atoms with van der Waals surface area (Å²) in [6.45, 7) is 9.56. The number of aliphatic hydroxyl groups is 1. The monoisotopic (exact) mass is 306 g/mol. The van der Waals surface area contributed by atoms with Crippen LogP contribution in [0.3, 0.4) is 0 Å². The molecule has 2 N–H and O–H groups in total. The van der Waals surface area contributed by atoms with E-state index in [1.54, 1.807) is 0 Å². The van der Waals surface area contributed by atoms with Crippen LogP contribution < -0.4 is 5.32 Å². The van der Waals surface area contributed by atoms with Crippen LogP contribution in [0.5, 0.6) is 0 Å². The van der Waals surface area contributed by atoms with Crippen molar-refractivity contribution in [2.45, 2.75) is 59.4 Å². The molecule has 0 radical (unpaired) electrons. The standard InChI is InChI=1S/C18H30N2O2/c1-13(2)17(21)10-18(22)19-11-15-7-6-8-16(9-15)12-20(5)14(3)4/h6-9,13-14,17,21H,10-12H2,1-5H3,(H,19,22). The normalized spacial score (nSPS) is 13.0. The molecule has 1 rings (SSSR count). The minimum Gasteiger partial charge on any atom is -0.392 e. The number of rotatable bonds is 8. The molecule has 0 saturated carbocycles. The summed E-state index contributed by atoms with van der Waals surface area (Å²) in [4.78, 5) is 14.1. The van der Waals surface area contributed by atoms with Crippen molar-refractivity contribution in [3.63, 3.8) is 0 Å². The van der Waals surface area contributed by atoms with E-state index in [2.05, 4.69) is 43.2 Å². The Morgan fingerprint density at radius 1 is 1.23 bits per heavy atom. The molecule has 0 saturated heterocycles. The Morgan fingerprint density at radius 2 is 1.86 bits per heavy atom. The average Bonchev–Trinajstić information content (AvgIpc) is 2.45. The zero-order valence-corrected chi connectivity index (χ0v) is 14.5. The van der Waals surface area contributed by atoms with Crippen LogP contribution in [-0.2, 0) is 17.9 Å². The average molecular weight is 306 g/mol. The van der Waals surface area contributed by atoms with E-state index in [1.165, 1.54) is 5.56 Å². The second-order valence-electron chi connectivity index (χ2n) is 6.62. The Hall–Kier alpha value is -1.39. The topological polar surface area (TPSA) is 52.6 Å². The van der Waals surface area contributed by atoms with Gasteiger partial charge in [-0.3, -0.25) is 9.69 Å². The molecule has 0 fully saturated rings. The number of hydrogen-bond donors (Lipinski definition) is 2. The van der Waals surface area contributed by atoms with E-state index >= 15 is 0 Å². The number of nitrogens with zero attached hydrogens (tertiary/aromatic N) is 1. The molecule has 0 aromatic heterocycles. The third-order valence-electron chi connectivity index (χ3n) is 3.96. The second-order valence-corrected chi connectivity index (χ2v) is 6.62. The SMILES string of the molecule is CC(C)C(O)CC(=O)NCc1cccc(CN(C)C(C)C)c1. The van der Waals surface area contributed by atoms with Gasteiger partial charge >= 0.3 is 0 Å². The van der Waals surface area contributed by atoms with Crippen LogP contribution in [0.4, 0.5) is 0 Å². The summed E-state index contributed by atoms with van der Waals surface area (Å²) in [6.07, 6.45) is -0.418. The molecule has 4 heteroatoms. The van der Waals surface area contributed by atoms with Gasteiger partial charge in [0.05, 0.1) is 12.5 Å². The van der Waals surface area contributed by atoms with Gasteiger partial charge in [-0.1, -0.05) is 38.1 Å². The molecule has 1 aromatic carbocycles. The number of carbonyl (C=O) groups is 1. The number of benzene rings is 1. The Labute approximate surface area is 134 Å². The Bertz CT molecular complexity index is 472. The highest BCUT2D eigenvalue weighted by molar-refractivity contribution is 5.76. The van der Waals surface area contributed by atoms with E-state index in [-0.39, 0.29) is 18.2 Å². The Morgan fingerprint density at radius 3 is 2.45 bits per heavy atom. The molecular weight excluding hydrogens is 276 g/mol. The second kappa shape index (κ2) is 8.91. The molecule has 0 aliphatic carbocycles. The van der Waals surface area contributed by atoms with Crippen LogP contribution in [0.25, 0.3) is 0 Å². The summed E-state index contributed by atoms with van der Waals surface area (Å²) in [5, 5.41) is 12.6. The first-order valence-electron chi connectivity index (χ1n) is 8.02. The molecular formula is C18H30N2O2. The quantitative estimate of drug-likeness (QED) is 0.776. The summed E-state index contributed by atoms with van der Waals surface area (Å²) in [6, 6.07) is 8.76. The fourth-order valence-corrected chi connectivity index (χ4v) is 2.01. The number of amides is 1. The lowest BCUT2D eigenvalue weighted by molar-refractivity contribution is -0.123. The lowest BCUT2D eigenvalue weighted by atomic mass is 10.0. The molecule has 0 aliphatic heterocycles. The minimum atomic E-state index is -0.578. The summed E-state index contributed by atoms with van der Waals surface area (Å²) >= 11 is 0. The van der Waals surface area contributed by atoms with Crippen molar-refractivity contribution in [3.05, 3.63) is 35.4 Å². The Kier molecular flexibility index (Phi) is 7.56. The molecule has 0 bridgehead atoms. The number of carbonyl (C=O) groups excluding carboxylic acids is 1. The third kappa shape index (κ3) is 6.58. The fraction of sp³-hybridized carbons (Fsp3) is 0.611. The van der Waals surface area contributed by atoms with Gasteiger partial charge < -0.3 is 10.4 Å². The van der Waals surface area contributed by atoms with Crippen molar-refractivity contribution in [2.75, 3.05) is 7.05 Å². The van der Waals surface area contributed by atoms with Crippen LogP contribution >= 0.6 is 0 Å². The molecule has 1 unspecified atom stereocenters. The van der Waals surface area contributed by atoms with E-state index in [9.17, 15) is 9.90 Å². The van der Waals surface area contributed by atoms with Crippen LogP contribution in [0.2, 0.25) is 0 Å². The molecule has 22 heavy (non-hydrogen) atoms. The predicted octanol–water partition coefficient (Wildman–Crippen LogP) is 2.55. The zero-order chi connectivity index (χ0) is 16.7. The third-order valence-corrected chi connectivity index (χ3v) is 3.96. The summed E-state index contributed by atoms with van der Waals surface area (Å²) in [7, 11) is 2.10. The number of hydrogen-bond acceptors (Lipinski definition) is 3. The highest BCUT2D eigenvalue weighted by Crippen LogP contribution is 2.10. The first-order chi connectivity index (χ1) is 10.3. The van der Waals surface area contributed by atoms with E-state index < -0.39 is 6.10 Å². The van der Waals surface area contributed by atoms with Crippen LogP contribution in [0, 0.1) is 5.92 Å². The van der Waals surface area contributed by atoms with Crippen molar-refractivity contribution in [1.29, 1.82) is 0 Å². The van der Waals surface area contributed by atoms with Gasteiger partial charge in [0.15, 0.2) is 0 Å². The van der Waals surface area contributed by atoms with Gasteiger partial charge in [-0.25, -0.2) is 0 Å². The van der Waals surface area contributed by atoms with Gasteiger partial charge in [-0.05, 0) is 37.9 Å². The van der Waals surface area contributed by atoms with Gasteiger partial charge in [0, 0.05) is 19.1 Å². The number of aliphatic hydroxyl groups excluding tert-OH is 1. The highest BCUT2D eigenvalue weighted by atomic mass is 16.3. The maximum absolute atomic E-state index is 11.8. The van der Waals surface area contributed by atoms with Crippen molar-refractivity contribution in [2.24, 2.45) is 5.92 Å². The van der Waals surface area contributed by atoms with Crippen LogP contribution in [-0.4, -0.2) is 35.1 Å². The molecule has 124 valence electrons. The van der Waals surface area contributed by atoms with Gasteiger partial charge in [-0.15, -0.1) is 0 Å². The lowest BCUT2D eigenvalue weighted by Gasteiger charge is -2.21. The number of nitrogens with one attached hydrogen (secondary N) is 1. The van der Waals surface area contributed by atoms with Crippen molar-refractivity contribution in [3.8, 4) is 0 Å². The van der Waals surface area contributed by atoms with Crippen molar-refractivity contribution < 1.29 is 9.90 Å². The maximum Gasteiger partial charge on any atom is 0.222 e. The van der Waals surface area contributed by atoms with Crippen LogP contribution in [0.15, 0.2) is 24.3 Å². The first kappa shape index (κ1) is 18.7. The summed E-state index contributed by atoms with van der Waals surface area (Å²) in [5.74, 6) is -0.00782.